The van der Waals surface area contributed by atoms with Crippen molar-refractivity contribution in [2.75, 3.05) is 18.8 Å². The number of hydrogen-bond acceptors (Lipinski definition) is 4. The summed E-state index contributed by atoms with van der Waals surface area (Å²) < 4.78 is 14.0. The molecule has 0 saturated carbocycles. The van der Waals surface area contributed by atoms with Crippen LogP contribution in [-0.2, 0) is 9.59 Å². The van der Waals surface area contributed by atoms with E-state index in [2.05, 4.69) is 12.2 Å². The number of aliphatic carboxylic acids is 1. The second-order valence-corrected chi connectivity index (χ2v) is 6.18. The third kappa shape index (κ3) is 2.72. The van der Waals surface area contributed by atoms with Gasteiger partial charge in [0.05, 0.1) is 6.54 Å². The number of nitrogens with zero attached hydrogens (tertiary/aromatic N) is 1. The lowest BCUT2D eigenvalue weighted by Crippen LogP contribution is -2.73. The molecule has 0 radical (unpaired) electrons. The van der Waals surface area contributed by atoms with Crippen LogP contribution >= 0.6 is 11.8 Å². The molecule has 2 aliphatic rings. The third-order valence-corrected chi connectivity index (χ3v) is 5.07. The Hall–Kier alpha value is -0.820. The van der Waals surface area contributed by atoms with Crippen molar-refractivity contribution >= 4 is 23.6 Å². The number of carbonyl (C=O) groups is 2. The number of unbranched alkanes of at least 4 members (excludes halogenated alkanes) is 2. The summed E-state index contributed by atoms with van der Waals surface area (Å²) in [6, 6.07) is -0.278. The third-order valence-electron chi connectivity index (χ3n) is 3.57. The quantitative estimate of drug-likeness (QED) is 0.560. The van der Waals surface area contributed by atoms with Crippen molar-refractivity contribution in [3.63, 3.8) is 0 Å². The van der Waals surface area contributed by atoms with Gasteiger partial charge in [-0.15, -0.1) is 11.8 Å². The Morgan fingerprint density at radius 3 is 3.00 bits per heavy atom. The van der Waals surface area contributed by atoms with E-state index in [4.69, 9.17) is 5.11 Å². The SMILES string of the molecule is CCCCCNC1C(=O)N2CC(F)(C(=O)O)CS[C@H]12. The van der Waals surface area contributed by atoms with Crippen LogP contribution in [0.2, 0.25) is 0 Å². The fraction of sp³-hybridized carbons (Fsp3) is 0.833. The first-order valence-electron chi connectivity index (χ1n) is 6.57. The van der Waals surface area contributed by atoms with Crippen LogP contribution in [0.5, 0.6) is 0 Å². The molecule has 0 aromatic carbocycles. The number of halogens is 1. The van der Waals surface area contributed by atoms with E-state index in [0.717, 1.165) is 25.8 Å². The van der Waals surface area contributed by atoms with Crippen LogP contribution in [0.3, 0.4) is 0 Å². The largest absolute Gasteiger partial charge is 0.479 e. The predicted molar refractivity (Wildman–Crippen MR) is 70.7 cm³/mol. The van der Waals surface area contributed by atoms with Gasteiger partial charge >= 0.3 is 5.97 Å². The molecule has 2 aliphatic heterocycles. The molecule has 1 amide bonds. The Balaban J connectivity index is 1.85. The molecule has 108 valence electrons. The molecule has 0 aliphatic carbocycles. The standard InChI is InChI=1S/C12H19FN2O3S/c1-2-3-4-5-14-8-9(16)15-6-12(13,11(17)18)7-19-10(8)15/h8,10,14H,2-7H2,1H3,(H,17,18)/t8?,10-,12?/m1/s1. The number of carbonyl (C=O) groups excluding carboxylic acids is 1. The highest BCUT2D eigenvalue weighted by atomic mass is 32.2. The van der Waals surface area contributed by atoms with Crippen LogP contribution in [-0.4, -0.2) is 57.8 Å². The monoisotopic (exact) mass is 290 g/mol. The van der Waals surface area contributed by atoms with Gasteiger partial charge in [-0.3, -0.25) is 4.79 Å². The molecule has 0 aromatic heterocycles. The van der Waals surface area contributed by atoms with E-state index >= 15 is 0 Å². The average molecular weight is 290 g/mol. The molecular formula is C12H19FN2O3S. The van der Waals surface area contributed by atoms with Gasteiger partial charge < -0.3 is 15.3 Å². The van der Waals surface area contributed by atoms with Crippen molar-refractivity contribution in [3.05, 3.63) is 0 Å². The molecule has 2 heterocycles. The van der Waals surface area contributed by atoms with E-state index < -0.39 is 11.6 Å². The van der Waals surface area contributed by atoms with Gasteiger partial charge in [0.1, 0.15) is 11.4 Å². The van der Waals surface area contributed by atoms with Crippen LogP contribution < -0.4 is 5.32 Å². The van der Waals surface area contributed by atoms with Crippen molar-refractivity contribution in [1.29, 1.82) is 0 Å². The maximum Gasteiger partial charge on any atom is 0.344 e. The first kappa shape index (κ1) is 14.6. The van der Waals surface area contributed by atoms with Crippen molar-refractivity contribution in [3.8, 4) is 0 Å². The molecule has 2 unspecified atom stereocenters. The first-order chi connectivity index (χ1) is 8.99. The second-order valence-electron chi connectivity index (χ2n) is 5.08. The molecule has 2 fully saturated rings. The van der Waals surface area contributed by atoms with Gasteiger partial charge in [0, 0.05) is 5.75 Å². The normalized spacial score (nSPS) is 33.8. The number of carboxylic acids is 1. The minimum Gasteiger partial charge on any atom is -0.479 e. The fourth-order valence-electron chi connectivity index (χ4n) is 2.36. The van der Waals surface area contributed by atoms with Crippen LogP contribution in [0.1, 0.15) is 26.2 Å². The number of hydrogen-bond donors (Lipinski definition) is 2. The summed E-state index contributed by atoms with van der Waals surface area (Å²) >= 11 is 1.21. The molecule has 3 atom stereocenters. The van der Waals surface area contributed by atoms with Crippen molar-refractivity contribution in [1.82, 2.24) is 10.2 Å². The van der Waals surface area contributed by atoms with Crippen LogP contribution in [0.25, 0.3) is 0 Å². The van der Waals surface area contributed by atoms with E-state index in [1.54, 1.807) is 0 Å². The summed E-state index contributed by atoms with van der Waals surface area (Å²) in [5.41, 5.74) is -2.30. The van der Waals surface area contributed by atoms with E-state index in [-0.39, 0.29) is 29.6 Å². The number of carboxylic acid groups (broad SMARTS) is 1. The Kier molecular flexibility index (Phi) is 4.35. The number of thioether (sulfide) groups is 1. The molecule has 2 N–H and O–H groups in total. The molecule has 2 rings (SSSR count). The van der Waals surface area contributed by atoms with E-state index in [1.165, 1.54) is 16.7 Å². The lowest BCUT2D eigenvalue weighted by Gasteiger charge is -2.52. The summed E-state index contributed by atoms with van der Waals surface area (Å²) in [6.07, 6.45) is 3.25. The molecule has 5 nitrogen and oxygen atoms in total. The van der Waals surface area contributed by atoms with Gasteiger partial charge in [-0.2, -0.15) is 0 Å². The minimum absolute atomic E-state index is 0.0933. The zero-order valence-corrected chi connectivity index (χ0v) is 11.7. The highest BCUT2D eigenvalue weighted by molar-refractivity contribution is 8.00. The Morgan fingerprint density at radius 1 is 1.63 bits per heavy atom. The summed E-state index contributed by atoms with van der Waals surface area (Å²) in [6.45, 7) is 2.56. The molecular weight excluding hydrogens is 271 g/mol. The molecule has 7 heteroatoms. The highest BCUT2D eigenvalue weighted by Gasteiger charge is 2.57. The fourth-order valence-corrected chi connectivity index (χ4v) is 3.77. The van der Waals surface area contributed by atoms with Crippen molar-refractivity contribution in [2.24, 2.45) is 0 Å². The maximum atomic E-state index is 14.0. The summed E-state index contributed by atoms with van der Waals surface area (Å²) in [7, 11) is 0. The molecule has 0 spiro atoms. The van der Waals surface area contributed by atoms with Gasteiger partial charge in [0.15, 0.2) is 0 Å². The molecule has 0 bridgehead atoms. The van der Waals surface area contributed by atoms with Crippen LogP contribution in [0.15, 0.2) is 0 Å². The van der Waals surface area contributed by atoms with Gasteiger partial charge in [0.2, 0.25) is 11.6 Å². The highest BCUT2D eigenvalue weighted by Crippen LogP contribution is 2.39. The summed E-state index contributed by atoms with van der Waals surface area (Å²) in [4.78, 5) is 24.0. The number of β-lactam (4-membered cyclic amide) rings is 1. The van der Waals surface area contributed by atoms with E-state index in [9.17, 15) is 14.0 Å². The number of fused-ring (bicyclic) bond motifs is 1. The van der Waals surface area contributed by atoms with Crippen LogP contribution in [0.4, 0.5) is 4.39 Å². The first-order valence-corrected chi connectivity index (χ1v) is 7.62. The van der Waals surface area contributed by atoms with Crippen molar-refractivity contribution < 1.29 is 19.1 Å². The number of rotatable bonds is 6. The average Bonchev–Trinajstić information content (AvgIpc) is 2.39. The minimum atomic E-state index is -2.30. The second kappa shape index (κ2) is 5.66. The van der Waals surface area contributed by atoms with Gasteiger partial charge in [-0.05, 0) is 13.0 Å². The number of amides is 1. The van der Waals surface area contributed by atoms with Crippen LogP contribution in [0, 0.1) is 0 Å². The molecule has 0 aromatic rings. The zero-order valence-electron chi connectivity index (χ0n) is 10.9. The van der Waals surface area contributed by atoms with Crippen molar-refractivity contribution in [2.45, 2.75) is 43.3 Å². The van der Waals surface area contributed by atoms with E-state index in [0.29, 0.717) is 0 Å². The van der Waals surface area contributed by atoms with Gasteiger partial charge in [-0.25, -0.2) is 9.18 Å². The lowest BCUT2D eigenvalue weighted by atomic mass is 10.0. The summed E-state index contributed by atoms with van der Waals surface area (Å²) in [5.74, 6) is -1.76. The maximum absolute atomic E-state index is 14.0. The van der Waals surface area contributed by atoms with Gasteiger partial charge in [-0.1, -0.05) is 19.8 Å². The van der Waals surface area contributed by atoms with Gasteiger partial charge in [0.25, 0.3) is 0 Å². The van der Waals surface area contributed by atoms with E-state index in [1.807, 2.05) is 0 Å². The Labute approximate surface area is 115 Å². The Bertz CT molecular complexity index is 382. The predicted octanol–water partition coefficient (Wildman–Crippen LogP) is 0.843. The lowest BCUT2D eigenvalue weighted by molar-refractivity contribution is -0.159. The molecule has 19 heavy (non-hydrogen) atoms. The number of alkyl halides is 1. The number of nitrogens with one attached hydrogen (secondary N) is 1. The Morgan fingerprint density at radius 2 is 2.37 bits per heavy atom. The summed E-state index contributed by atoms with van der Waals surface area (Å²) in [5, 5.41) is 11.9. The molecule has 2 saturated heterocycles. The smallest absolute Gasteiger partial charge is 0.344 e. The zero-order chi connectivity index (χ0) is 14.0. The topological polar surface area (TPSA) is 69.6 Å².